The first-order chi connectivity index (χ1) is 33.0. The molecule has 0 aliphatic carbocycles. The second kappa shape index (κ2) is 21.1. The fourth-order valence-electron chi connectivity index (χ4n) is 8.13. The van der Waals surface area contributed by atoms with E-state index in [4.69, 9.17) is 9.47 Å². The Bertz CT molecular complexity index is 3200. The first-order valence-corrected chi connectivity index (χ1v) is 21.1. The van der Waals surface area contributed by atoms with E-state index in [1.807, 2.05) is 135 Å². The van der Waals surface area contributed by atoms with Crippen molar-refractivity contribution in [3.63, 3.8) is 0 Å². The van der Waals surface area contributed by atoms with Gasteiger partial charge in [0.05, 0.1) is 13.2 Å². The van der Waals surface area contributed by atoms with Crippen molar-refractivity contribution in [1.82, 2.24) is 0 Å². The van der Waals surface area contributed by atoms with Crippen molar-refractivity contribution >= 4 is 55.2 Å². The number of allylic oxidation sites excluding steroid dienone is 8. The standard InChI is InChI=1S/C56H40N10O2/c1-7-67-55-47(51(41(31-61)32-62)49(39(27-57)28-58)35-17-21-43(22-18-35)65(3)4)25-37-13-9-11-15-45(37)53(55)54-46-16-12-10-14-38(46)26-48(56(54)68-8-2)52(42(33-63)34-64)50(40(29-59)30-60)36-19-23-44(24-20-36)66(5)6/h9-26H,7-8H2,1-6H3. The van der Waals surface area contributed by atoms with Crippen LogP contribution < -0.4 is 19.3 Å². The summed E-state index contributed by atoms with van der Waals surface area (Å²) in [5.41, 5.74) is 2.07. The molecule has 6 aromatic carbocycles. The number of ether oxygens (including phenoxy) is 2. The molecule has 0 spiro atoms. The van der Waals surface area contributed by atoms with E-state index in [0.717, 1.165) is 11.4 Å². The molecule has 6 rings (SSSR count). The molecule has 0 aliphatic rings. The van der Waals surface area contributed by atoms with Gasteiger partial charge in [0.15, 0.2) is 0 Å². The molecule has 0 atom stereocenters. The zero-order chi connectivity index (χ0) is 49.1. The van der Waals surface area contributed by atoms with Crippen LogP contribution in [0.4, 0.5) is 11.4 Å². The molecule has 12 nitrogen and oxygen atoms in total. The van der Waals surface area contributed by atoms with Crippen LogP contribution in [0, 0.1) is 90.6 Å². The number of hydrogen-bond donors (Lipinski definition) is 0. The summed E-state index contributed by atoms with van der Waals surface area (Å²) in [7, 11) is 7.45. The van der Waals surface area contributed by atoms with Crippen LogP contribution in [0.1, 0.15) is 36.1 Å². The van der Waals surface area contributed by atoms with Crippen molar-refractivity contribution in [2.24, 2.45) is 0 Å². The topological polar surface area (TPSA) is 215 Å². The fraction of sp³-hybridized carbons (Fsp3) is 0.143. The van der Waals surface area contributed by atoms with Crippen molar-refractivity contribution in [3.8, 4) is 71.2 Å². The highest BCUT2D eigenvalue weighted by molar-refractivity contribution is 6.20. The highest BCUT2D eigenvalue weighted by Gasteiger charge is 2.32. The molecule has 0 amide bonds. The summed E-state index contributed by atoms with van der Waals surface area (Å²) in [6, 6.07) is 48.4. The van der Waals surface area contributed by atoms with E-state index in [1.165, 1.54) is 0 Å². The van der Waals surface area contributed by atoms with Gasteiger partial charge in [-0.25, -0.2) is 0 Å². The van der Waals surface area contributed by atoms with Gasteiger partial charge in [-0.2, -0.15) is 42.1 Å². The predicted molar refractivity (Wildman–Crippen MR) is 263 cm³/mol. The van der Waals surface area contributed by atoms with Gasteiger partial charge in [0.1, 0.15) is 82.3 Å². The quantitative estimate of drug-likeness (QED) is 0.0782. The molecule has 0 heterocycles. The minimum atomic E-state index is -0.404. The number of nitrogens with zero attached hydrogens (tertiary/aromatic N) is 10. The molecule has 0 saturated heterocycles. The first-order valence-electron chi connectivity index (χ1n) is 21.1. The number of hydrogen-bond acceptors (Lipinski definition) is 12. The van der Waals surface area contributed by atoms with Crippen LogP contribution >= 0.6 is 0 Å². The molecule has 0 saturated carbocycles. The van der Waals surface area contributed by atoms with E-state index in [9.17, 15) is 42.1 Å². The van der Waals surface area contributed by atoms with Gasteiger partial charge in [-0.3, -0.25) is 0 Å². The zero-order valence-corrected chi connectivity index (χ0v) is 38.1. The largest absolute Gasteiger partial charge is 0.493 e. The Hall–Kier alpha value is -10.1. The van der Waals surface area contributed by atoms with E-state index in [1.54, 1.807) is 74.5 Å². The Morgan fingerprint density at radius 2 is 0.706 bits per heavy atom. The number of benzene rings is 6. The van der Waals surface area contributed by atoms with Gasteiger partial charge in [0, 0.05) is 84.1 Å². The summed E-state index contributed by atoms with van der Waals surface area (Å²) >= 11 is 0. The van der Waals surface area contributed by atoms with E-state index in [-0.39, 0.29) is 69.3 Å². The number of fused-ring (bicyclic) bond motifs is 2. The third kappa shape index (κ3) is 8.87. The van der Waals surface area contributed by atoms with Crippen LogP contribution in [0.15, 0.2) is 131 Å². The lowest BCUT2D eigenvalue weighted by atomic mass is 9.80. The van der Waals surface area contributed by atoms with Gasteiger partial charge in [0.25, 0.3) is 0 Å². The van der Waals surface area contributed by atoms with Crippen molar-refractivity contribution in [2.75, 3.05) is 51.2 Å². The lowest BCUT2D eigenvalue weighted by molar-refractivity contribution is 0.336. The monoisotopic (exact) mass is 884 g/mol. The highest BCUT2D eigenvalue weighted by atomic mass is 16.5. The first kappa shape index (κ1) is 47.4. The van der Waals surface area contributed by atoms with Gasteiger partial charge in [0.2, 0.25) is 0 Å². The summed E-state index contributed by atoms with van der Waals surface area (Å²) in [5.74, 6) is 0.308. The maximum absolute atomic E-state index is 10.7. The van der Waals surface area contributed by atoms with E-state index >= 15 is 0 Å². The molecule has 0 aliphatic heterocycles. The minimum absolute atomic E-state index is 0.0257. The third-order valence-electron chi connectivity index (χ3n) is 11.1. The number of nitriles is 8. The molecule has 0 unspecified atom stereocenters. The molecule has 0 bridgehead atoms. The molecule has 68 heavy (non-hydrogen) atoms. The van der Waals surface area contributed by atoms with Crippen LogP contribution in [-0.4, -0.2) is 41.4 Å². The number of anilines is 2. The Kier molecular flexibility index (Phi) is 14.7. The van der Waals surface area contributed by atoms with Crippen LogP contribution in [0.3, 0.4) is 0 Å². The molecule has 6 aromatic rings. The molecular formula is C56H40N10O2. The van der Waals surface area contributed by atoms with Crippen LogP contribution in [-0.2, 0) is 0 Å². The maximum Gasteiger partial charge on any atom is 0.138 e. The smallest absolute Gasteiger partial charge is 0.138 e. The lowest BCUT2D eigenvalue weighted by Crippen LogP contribution is -2.09. The normalized spacial score (nSPS) is 9.91. The van der Waals surface area contributed by atoms with E-state index < -0.39 is 11.1 Å². The second-order valence-corrected chi connectivity index (χ2v) is 15.3. The average molecular weight is 885 g/mol. The Balaban J connectivity index is 1.92. The molecule has 12 heteroatoms. The van der Waals surface area contributed by atoms with E-state index in [2.05, 4.69) is 0 Å². The predicted octanol–water partition coefficient (Wildman–Crippen LogP) is 11.2. The van der Waals surface area contributed by atoms with Crippen molar-refractivity contribution in [3.05, 3.63) is 154 Å². The second-order valence-electron chi connectivity index (χ2n) is 15.3. The molecule has 0 fully saturated rings. The highest BCUT2D eigenvalue weighted by Crippen LogP contribution is 2.54. The van der Waals surface area contributed by atoms with Gasteiger partial charge in [-0.05, 0) is 82.9 Å². The molecule has 326 valence electrons. The van der Waals surface area contributed by atoms with Gasteiger partial charge < -0.3 is 19.3 Å². The van der Waals surface area contributed by atoms with Gasteiger partial charge in [-0.15, -0.1) is 0 Å². The third-order valence-corrected chi connectivity index (χ3v) is 11.1. The van der Waals surface area contributed by atoms with Gasteiger partial charge in [-0.1, -0.05) is 72.8 Å². The minimum Gasteiger partial charge on any atom is -0.493 e. The molecule has 0 N–H and O–H groups in total. The maximum atomic E-state index is 10.7. The average Bonchev–Trinajstić information content (AvgIpc) is 3.36. The summed E-state index contributed by atoms with van der Waals surface area (Å²) in [6.07, 6.45) is 0. The summed E-state index contributed by atoms with van der Waals surface area (Å²) < 4.78 is 13.4. The molecule has 0 aromatic heterocycles. The molecular weight excluding hydrogens is 845 g/mol. The van der Waals surface area contributed by atoms with Gasteiger partial charge >= 0.3 is 0 Å². The van der Waals surface area contributed by atoms with Crippen molar-refractivity contribution in [1.29, 1.82) is 42.1 Å². The Morgan fingerprint density at radius 3 is 0.985 bits per heavy atom. The SMILES string of the molecule is CCOc1c(C(=C(C#N)C#N)C(=C(C#N)C#N)c2ccc(N(C)C)cc2)cc2ccccc2c1-c1c(OCC)c(C(=C(C#N)C#N)C(=C(C#N)C#N)c2ccc(N(C)C)cc2)cc2ccccc12. The summed E-state index contributed by atoms with van der Waals surface area (Å²) in [5, 5.41) is 87.6. The Labute approximate surface area is 395 Å². The fourth-order valence-corrected chi connectivity index (χ4v) is 8.13. The van der Waals surface area contributed by atoms with Crippen molar-refractivity contribution in [2.45, 2.75) is 13.8 Å². The molecule has 0 radical (unpaired) electrons. The number of rotatable bonds is 13. The summed E-state index contributed by atoms with van der Waals surface area (Å²) in [6.45, 7) is 3.65. The Morgan fingerprint density at radius 1 is 0.412 bits per heavy atom. The lowest BCUT2D eigenvalue weighted by Gasteiger charge is -2.26. The zero-order valence-electron chi connectivity index (χ0n) is 38.1. The van der Waals surface area contributed by atoms with Crippen molar-refractivity contribution < 1.29 is 9.47 Å². The van der Waals surface area contributed by atoms with Crippen LogP contribution in [0.5, 0.6) is 11.5 Å². The van der Waals surface area contributed by atoms with Crippen LogP contribution in [0.2, 0.25) is 0 Å². The summed E-state index contributed by atoms with van der Waals surface area (Å²) in [4.78, 5) is 3.76. The van der Waals surface area contributed by atoms with Crippen LogP contribution in [0.25, 0.3) is 55.0 Å². The van der Waals surface area contributed by atoms with E-state index in [0.29, 0.717) is 43.8 Å².